The van der Waals surface area contributed by atoms with E-state index in [-0.39, 0.29) is 5.91 Å². The Hall–Kier alpha value is -2.60. The number of anilines is 2. The fraction of sp³-hybridized carbons (Fsp3) is 0.333. The van der Waals surface area contributed by atoms with Crippen LogP contribution in [0.15, 0.2) is 42.6 Å². The number of aromatic nitrogens is 1. The van der Waals surface area contributed by atoms with Crippen molar-refractivity contribution in [2.24, 2.45) is 0 Å². The van der Waals surface area contributed by atoms with Crippen LogP contribution < -0.4 is 15.0 Å². The molecule has 2 aromatic rings. The molecule has 1 aromatic heterocycles. The number of ether oxygens (including phenoxy) is 1. The Morgan fingerprint density at radius 1 is 1.12 bits per heavy atom. The van der Waals surface area contributed by atoms with Gasteiger partial charge in [0.15, 0.2) is 0 Å². The molecule has 6 nitrogen and oxygen atoms in total. The molecule has 126 valence electrons. The quantitative estimate of drug-likeness (QED) is 0.932. The van der Waals surface area contributed by atoms with Gasteiger partial charge in [-0.2, -0.15) is 0 Å². The molecule has 24 heavy (non-hydrogen) atoms. The number of piperazine rings is 1. The first-order chi connectivity index (χ1) is 11.7. The van der Waals surface area contributed by atoms with Crippen molar-refractivity contribution in [3.63, 3.8) is 0 Å². The maximum Gasteiger partial charge on any atom is 0.255 e. The van der Waals surface area contributed by atoms with E-state index in [1.54, 1.807) is 18.3 Å². The number of nitrogens with zero attached hydrogens (tertiary/aromatic N) is 3. The highest BCUT2D eigenvalue weighted by Crippen LogP contribution is 2.20. The molecule has 1 aliphatic heterocycles. The molecule has 1 fully saturated rings. The topological polar surface area (TPSA) is 57.7 Å². The largest absolute Gasteiger partial charge is 0.481 e. The van der Waals surface area contributed by atoms with Crippen LogP contribution in [-0.4, -0.2) is 56.1 Å². The number of likely N-dealkylation sites (N-methyl/N-ethyl adjacent to an activating group) is 1. The summed E-state index contributed by atoms with van der Waals surface area (Å²) in [4.78, 5) is 21.0. The number of carbonyl (C=O) groups excluding carboxylic acids is 1. The summed E-state index contributed by atoms with van der Waals surface area (Å²) in [5.74, 6) is 0.246. The number of pyridine rings is 1. The molecule has 0 unspecified atom stereocenters. The number of methoxy groups -OCH3 is 1. The zero-order valence-electron chi connectivity index (χ0n) is 14.0. The fourth-order valence-corrected chi connectivity index (χ4v) is 2.69. The van der Waals surface area contributed by atoms with Crippen LogP contribution in [0.3, 0.4) is 0 Å². The van der Waals surface area contributed by atoms with E-state index in [1.165, 1.54) is 12.8 Å². The average molecular weight is 326 g/mol. The van der Waals surface area contributed by atoms with Gasteiger partial charge >= 0.3 is 0 Å². The van der Waals surface area contributed by atoms with Crippen LogP contribution in [0.5, 0.6) is 5.88 Å². The normalized spacial score (nSPS) is 15.2. The predicted octanol–water partition coefficient (Wildman–Crippen LogP) is 2.09. The standard InChI is InChI=1S/C18H22N4O2/c1-21-9-11-22(12-10-21)16-5-3-15(4-6-16)20-18(23)14-7-8-19-17(13-14)24-2/h3-8,13H,9-12H2,1-2H3,(H,20,23). The number of nitrogens with one attached hydrogen (secondary N) is 1. The zero-order chi connectivity index (χ0) is 16.9. The first kappa shape index (κ1) is 16.3. The molecular formula is C18H22N4O2. The number of benzene rings is 1. The van der Waals surface area contributed by atoms with Crippen LogP contribution in [-0.2, 0) is 0 Å². The lowest BCUT2D eigenvalue weighted by molar-refractivity contribution is 0.102. The van der Waals surface area contributed by atoms with E-state index in [4.69, 9.17) is 4.74 Å². The highest BCUT2D eigenvalue weighted by atomic mass is 16.5. The summed E-state index contributed by atoms with van der Waals surface area (Å²) in [6.07, 6.45) is 1.56. The summed E-state index contributed by atoms with van der Waals surface area (Å²) in [5.41, 5.74) is 2.48. The van der Waals surface area contributed by atoms with E-state index in [2.05, 4.69) is 27.1 Å². The number of rotatable bonds is 4. The van der Waals surface area contributed by atoms with Crippen molar-refractivity contribution >= 4 is 17.3 Å². The van der Waals surface area contributed by atoms with E-state index < -0.39 is 0 Å². The first-order valence-corrected chi connectivity index (χ1v) is 8.00. The Morgan fingerprint density at radius 2 is 1.83 bits per heavy atom. The lowest BCUT2D eigenvalue weighted by Crippen LogP contribution is -2.44. The number of amides is 1. The van der Waals surface area contributed by atoms with Crippen molar-refractivity contribution in [1.82, 2.24) is 9.88 Å². The molecule has 1 amide bonds. The van der Waals surface area contributed by atoms with Crippen molar-refractivity contribution in [1.29, 1.82) is 0 Å². The van der Waals surface area contributed by atoms with Crippen molar-refractivity contribution < 1.29 is 9.53 Å². The lowest BCUT2D eigenvalue weighted by atomic mass is 10.2. The molecule has 0 aliphatic carbocycles. The Morgan fingerprint density at radius 3 is 2.50 bits per heavy atom. The van der Waals surface area contributed by atoms with Gasteiger partial charge in [0.1, 0.15) is 0 Å². The summed E-state index contributed by atoms with van der Waals surface area (Å²) in [5, 5.41) is 2.90. The SMILES string of the molecule is COc1cc(C(=O)Nc2ccc(N3CCN(C)CC3)cc2)ccn1. The Bertz CT molecular complexity index is 694. The summed E-state index contributed by atoms with van der Waals surface area (Å²) in [7, 11) is 3.67. The highest BCUT2D eigenvalue weighted by molar-refractivity contribution is 6.04. The van der Waals surface area contributed by atoms with Gasteiger partial charge in [-0.3, -0.25) is 4.79 Å². The number of carbonyl (C=O) groups is 1. The number of hydrogen-bond donors (Lipinski definition) is 1. The van der Waals surface area contributed by atoms with E-state index >= 15 is 0 Å². The molecule has 0 spiro atoms. The molecule has 0 saturated carbocycles. The van der Waals surface area contributed by atoms with E-state index in [1.807, 2.05) is 24.3 Å². The molecule has 0 radical (unpaired) electrons. The summed E-state index contributed by atoms with van der Waals surface area (Å²) >= 11 is 0. The fourth-order valence-electron chi connectivity index (χ4n) is 2.69. The molecule has 1 saturated heterocycles. The molecule has 0 atom stereocenters. The summed E-state index contributed by atoms with van der Waals surface area (Å²) in [6, 6.07) is 11.3. The summed E-state index contributed by atoms with van der Waals surface area (Å²) < 4.78 is 5.05. The summed E-state index contributed by atoms with van der Waals surface area (Å²) in [6.45, 7) is 4.20. The van der Waals surface area contributed by atoms with Gasteiger partial charge in [0.05, 0.1) is 7.11 Å². The third kappa shape index (κ3) is 3.83. The van der Waals surface area contributed by atoms with Crippen molar-refractivity contribution in [3.05, 3.63) is 48.2 Å². The van der Waals surface area contributed by atoms with Gasteiger partial charge in [-0.1, -0.05) is 0 Å². The minimum atomic E-state index is -0.178. The van der Waals surface area contributed by atoms with Crippen molar-refractivity contribution in [3.8, 4) is 5.88 Å². The molecule has 1 aliphatic rings. The minimum Gasteiger partial charge on any atom is -0.481 e. The molecule has 3 rings (SSSR count). The first-order valence-electron chi connectivity index (χ1n) is 8.00. The third-order valence-corrected chi connectivity index (χ3v) is 4.20. The van der Waals surface area contributed by atoms with E-state index in [0.717, 1.165) is 31.9 Å². The van der Waals surface area contributed by atoms with Gasteiger partial charge in [-0.05, 0) is 37.4 Å². The smallest absolute Gasteiger partial charge is 0.255 e. The molecule has 0 bridgehead atoms. The third-order valence-electron chi connectivity index (χ3n) is 4.20. The van der Waals surface area contributed by atoms with Gasteiger partial charge in [-0.15, -0.1) is 0 Å². The molecular weight excluding hydrogens is 304 g/mol. The van der Waals surface area contributed by atoms with Gasteiger partial charge < -0.3 is 19.9 Å². The lowest BCUT2D eigenvalue weighted by Gasteiger charge is -2.34. The second-order valence-corrected chi connectivity index (χ2v) is 5.88. The maximum atomic E-state index is 12.3. The second-order valence-electron chi connectivity index (χ2n) is 5.88. The van der Waals surface area contributed by atoms with Crippen LogP contribution in [0.25, 0.3) is 0 Å². The Balaban J connectivity index is 1.64. The highest BCUT2D eigenvalue weighted by Gasteiger charge is 2.14. The monoisotopic (exact) mass is 326 g/mol. The van der Waals surface area contributed by atoms with Crippen LogP contribution in [0.2, 0.25) is 0 Å². The number of hydrogen-bond acceptors (Lipinski definition) is 5. The van der Waals surface area contributed by atoms with E-state index in [9.17, 15) is 4.79 Å². The van der Waals surface area contributed by atoms with Crippen LogP contribution in [0, 0.1) is 0 Å². The average Bonchev–Trinajstić information content (AvgIpc) is 2.63. The molecule has 6 heteroatoms. The molecule has 1 aromatic carbocycles. The van der Waals surface area contributed by atoms with Gasteiger partial charge in [0.2, 0.25) is 5.88 Å². The minimum absolute atomic E-state index is 0.178. The zero-order valence-corrected chi connectivity index (χ0v) is 14.0. The van der Waals surface area contributed by atoms with E-state index in [0.29, 0.717) is 11.4 Å². The Labute approximate surface area is 142 Å². The van der Waals surface area contributed by atoms with Crippen molar-refractivity contribution in [2.75, 3.05) is 50.6 Å². The van der Waals surface area contributed by atoms with Gasteiger partial charge in [0, 0.05) is 55.4 Å². The van der Waals surface area contributed by atoms with Crippen LogP contribution in [0.1, 0.15) is 10.4 Å². The molecule has 1 N–H and O–H groups in total. The second kappa shape index (κ2) is 7.31. The van der Waals surface area contributed by atoms with Crippen LogP contribution >= 0.6 is 0 Å². The molecule has 2 heterocycles. The predicted molar refractivity (Wildman–Crippen MR) is 94.9 cm³/mol. The van der Waals surface area contributed by atoms with Gasteiger partial charge in [-0.25, -0.2) is 4.98 Å². The Kier molecular flexibility index (Phi) is 4.96. The van der Waals surface area contributed by atoms with Gasteiger partial charge in [0.25, 0.3) is 5.91 Å². The maximum absolute atomic E-state index is 12.3. The van der Waals surface area contributed by atoms with Crippen LogP contribution in [0.4, 0.5) is 11.4 Å². The van der Waals surface area contributed by atoms with Crippen molar-refractivity contribution in [2.45, 2.75) is 0 Å².